The Labute approximate surface area is 229 Å². The van der Waals surface area contributed by atoms with Crippen LogP contribution >= 0.6 is 0 Å². The third kappa shape index (κ3) is 8.78. The molecule has 2 saturated heterocycles. The van der Waals surface area contributed by atoms with Gasteiger partial charge in [-0.25, -0.2) is 0 Å². The first-order chi connectivity index (χ1) is 19.0. The molecular formula is C31H36O8. The molecule has 2 heterocycles. The van der Waals surface area contributed by atoms with Gasteiger partial charge in [0.15, 0.2) is 35.6 Å². The van der Waals surface area contributed by atoms with Crippen LogP contribution in [-0.4, -0.2) is 49.6 Å². The lowest BCUT2D eigenvalue weighted by Crippen LogP contribution is -2.25. The smallest absolute Gasteiger partial charge is 0.200 e. The van der Waals surface area contributed by atoms with Crippen LogP contribution in [0.4, 0.5) is 0 Å². The fraction of sp³-hybridized carbons (Fsp3) is 0.419. The summed E-state index contributed by atoms with van der Waals surface area (Å²) in [4.78, 5) is 24.8. The molecule has 4 rings (SSSR count). The highest BCUT2D eigenvalue weighted by Crippen LogP contribution is 2.31. The minimum Gasteiger partial charge on any atom is -0.493 e. The highest BCUT2D eigenvalue weighted by atomic mass is 16.7. The third-order valence-electron chi connectivity index (χ3n) is 6.51. The second-order valence-electron chi connectivity index (χ2n) is 9.54. The van der Waals surface area contributed by atoms with Crippen molar-refractivity contribution in [1.29, 1.82) is 0 Å². The van der Waals surface area contributed by atoms with E-state index in [1.165, 1.54) is 12.2 Å². The van der Waals surface area contributed by atoms with Gasteiger partial charge in [-0.3, -0.25) is 9.59 Å². The lowest BCUT2D eigenvalue weighted by Gasteiger charge is -2.24. The van der Waals surface area contributed by atoms with Gasteiger partial charge in [-0.1, -0.05) is 24.3 Å². The number of carbonyl (C=O) groups is 2. The molecule has 2 aliphatic heterocycles. The van der Waals surface area contributed by atoms with E-state index < -0.39 is 0 Å². The van der Waals surface area contributed by atoms with E-state index >= 15 is 0 Å². The van der Waals surface area contributed by atoms with Crippen molar-refractivity contribution in [1.82, 2.24) is 0 Å². The van der Waals surface area contributed by atoms with E-state index in [0.29, 0.717) is 36.0 Å². The lowest BCUT2D eigenvalue weighted by atomic mass is 10.1. The molecule has 2 atom stereocenters. The largest absolute Gasteiger partial charge is 0.493 e. The number of benzene rings is 2. The third-order valence-corrected chi connectivity index (χ3v) is 6.51. The molecule has 2 fully saturated rings. The topological polar surface area (TPSA) is 101 Å². The van der Waals surface area contributed by atoms with E-state index in [4.69, 9.17) is 23.7 Å². The number of ether oxygens (including phenoxy) is 5. The zero-order valence-electron chi connectivity index (χ0n) is 22.3. The SMILES string of the molecule is COc1cc(C=CC(=O)CC(=O)C=Cc2ccc(OC3CCCCO3)c(CO)c2)ccc1OC1CCCCO1. The Hall–Kier alpha value is -3.46. The first-order valence-electron chi connectivity index (χ1n) is 13.4. The summed E-state index contributed by atoms with van der Waals surface area (Å²) < 4.78 is 28.5. The number of methoxy groups -OCH3 is 1. The number of aliphatic hydroxyl groups is 1. The highest BCUT2D eigenvalue weighted by Gasteiger charge is 2.18. The normalized spacial score (nSPS) is 19.7. The van der Waals surface area contributed by atoms with Crippen LogP contribution in [0, 0.1) is 0 Å². The Morgan fingerprint density at radius 3 is 1.92 bits per heavy atom. The van der Waals surface area contributed by atoms with E-state index in [0.717, 1.165) is 49.7 Å². The van der Waals surface area contributed by atoms with E-state index in [2.05, 4.69) is 0 Å². The lowest BCUT2D eigenvalue weighted by molar-refractivity contribution is -0.121. The Bertz CT molecular complexity index is 1080. The maximum atomic E-state index is 12.4. The van der Waals surface area contributed by atoms with Crippen molar-refractivity contribution < 1.29 is 38.4 Å². The van der Waals surface area contributed by atoms with Crippen LogP contribution in [0.5, 0.6) is 17.2 Å². The number of aliphatic hydroxyl groups excluding tert-OH is 1. The van der Waals surface area contributed by atoms with Crippen molar-refractivity contribution in [3.63, 3.8) is 0 Å². The van der Waals surface area contributed by atoms with Crippen molar-refractivity contribution in [2.24, 2.45) is 0 Å². The molecule has 39 heavy (non-hydrogen) atoms. The maximum Gasteiger partial charge on any atom is 0.200 e. The average molecular weight is 537 g/mol. The molecule has 2 aliphatic rings. The molecule has 0 aromatic heterocycles. The molecule has 2 unspecified atom stereocenters. The Kier molecular flexibility index (Phi) is 10.7. The maximum absolute atomic E-state index is 12.4. The molecule has 0 spiro atoms. The van der Waals surface area contributed by atoms with Gasteiger partial charge in [0.05, 0.1) is 33.4 Å². The summed E-state index contributed by atoms with van der Waals surface area (Å²) >= 11 is 0. The second-order valence-corrected chi connectivity index (χ2v) is 9.54. The number of hydrogen-bond acceptors (Lipinski definition) is 8. The van der Waals surface area contributed by atoms with E-state index in [1.54, 1.807) is 49.6 Å². The minimum atomic E-state index is -0.319. The van der Waals surface area contributed by atoms with E-state index in [9.17, 15) is 14.7 Å². The summed E-state index contributed by atoms with van der Waals surface area (Å²) in [5.74, 6) is 1.06. The first-order valence-corrected chi connectivity index (χ1v) is 13.4. The Balaban J connectivity index is 1.29. The van der Waals surface area contributed by atoms with Gasteiger partial charge in [-0.2, -0.15) is 0 Å². The molecule has 0 radical (unpaired) electrons. The van der Waals surface area contributed by atoms with Crippen molar-refractivity contribution in [2.45, 2.75) is 64.1 Å². The summed E-state index contributed by atoms with van der Waals surface area (Å²) in [7, 11) is 1.56. The van der Waals surface area contributed by atoms with Crippen LogP contribution in [-0.2, 0) is 25.7 Å². The fourth-order valence-electron chi connectivity index (χ4n) is 4.39. The van der Waals surface area contributed by atoms with Crippen LogP contribution in [0.2, 0.25) is 0 Å². The summed E-state index contributed by atoms with van der Waals surface area (Å²) in [5.41, 5.74) is 2.08. The van der Waals surface area contributed by atoms with Gasteiger partial charge in [0.25, 0.3) is 0 Å². The first kappa shape index (κ1) is 28.5. The van der Waals surface area contributed by atoms with E-state index in [1.807, 2.05) is 6.07 Å². The monoisotopic (exact) mass is 536 g/mol. The minimum absolute atomic E-state index is 0.201. The Morgan fingerprint density at radius 1 is 0.821 bits per heavy atom. The van der Waals surface area contributed by atoms with Crippen LogP contribution < -0.4 is 14.2 Å². The van der Waals surface area contributed by atoms with Crippen LogP contribution in [0.1, 0.15) is 61.6 Å². The van der Waals surface area contributed by atoms with Crippen LogP contribution in [0.3, 0.4) is 0 Å². The van der Waals surface area contributed by atoms with Gasteiger partial charge in [-0.15, -0.1) is 0 Å². The summed E-state index contributed by atoms with van der Waals surface area (Å²) in [6, 6.07) is 10.7. The van der Waals surface area contributed by atoms with Crippen molar-refractivity contribution in [3.05, 3.63) is 65.2 Å². The second kappa shape index (κ2) is 14.6. The highest BCUT2D eigenvalue weighted by molar-refractivity contribution is 6.10. The van der Waals surface area contributed by atoms with Gasteiger partial charge in [0.2, 0.25) is 0 Å². The zero-order valence-corrected chi connectivity index (χ0v) is 22.3. The van der Waals surface area contributed by atoms with Crippen LogP contribution in [0.15, 0.2) is 48.6 Å². The molecule has 1 N–H and O–H groups in total. The van der Waals surface area contributed by atoms with E-state index in [-0.39, 0.29) is 37.2 Å². The standard InChI is InChI=1S/C31H36O8/c1-35-29-19-23(11-15-28(29)39-31-7-3-5-17-37-31)9-13-26(34)20-25(33)12-8-22-10-14-27(24(18-22)21-32)38-30-6-2-4-16-36-30/h8-15,18-19,30-32H,2-7,16-17,20-21H2,1H3. The number of ketones is 2. The van der Waals surface area contributed by atoms with Gasteiger partial charge >= 0.3 is 0 Å². The fourth-order valence-corrected chi connectivity index (χ4v) is 4.39. The quantitative estimate of drug-likeness (QED) is 0.290. The number of allylic oxidation sites excluding steroid dienone is 2. The number of rotatable bonds is 12. The molecule has 2 aromatic rings. The zero-order chi connectivity index (χ0) is 27.5. The molecule has 8 heteroatoms. The molecule has 2 aromatic carbocycles. The van der Waals surface area contributed by atoms with Crippen LogP contribution in [0.25, 0.3) is 12.2 Å². The molecule has 0 saturated carbocycles. The molecule has 208 valence electrons. The summed E-state index contributed by atoms with van der Waals surface area (Å²) in [6.45, 7) is 1.15. The number of hydrogen-bond donors (Lipinski definition) is 1. The molecule has 0 bridgehead atoms. The molecule has 0 aliphatic carbocycles. The predicted octanol–water partition coefficient (Wildman–Crippen LogP) is 5.25. The van der Waals surface area contributed by atoms with Gasteiger partial charge in [0.1, 0.15) is 5.75 Å². The van der Waals surface area contributed by atoms with Crippen molar-refractivity contribution in [3.8, 4) is 17.2 Å². The number of carbonyl (C=O) groups excluding carboxylic acids is 2. The Morgan fingerprint density at radius 2 is 1.38 bits per heavy atom. The van der Waals surface area contributed by atoms with Gasteiger partial charge < -0.3 is 28.8 Å². The average Bonchev–Trinajstić information content (AvgIpc) is 2.97. The molecule has 0 amide bonds. The van der Waals surface area contributed by atoms with Crippen molar-refractivity contribution in [2.75, 3.05) is 20.3 Å². The molecular weight excluding hydrogens is 500 g/mol. The van der Waals surface area contributed by atoms with Crippen molar-refractivity contribution >= 4 is 23.7 Å². The predicted molar refractivity (Wildman–Crippen MR) is 146 cm³/mol. The summed E-state index contributed by atoms with van der Waals surface area (Å²) in [5, 5.41) is 9.76. The molecule has 8 nitrogen and oxygen atoms in total. The van der Waals surface area contributed by atoms with Gasteiger partial charge in [-0.05, 0) is 73.2 Å². The summed E-state index contributed by atoms with van der Waals surface area (Å²) in [6.07, 6.45) is 11.0. The van der Waals surface area contributed by atoms with Gasteiger partial charge in [0, 0.05) is 18.4 Å².